The summed E-state index contributed by atoms with van der Waals surface area (Å²) in [6.45, 7) is 4.22. The van der Waals surface area contributed by atoms with Gasteiger partial charge in [-0.1, -0.05) is 12.1 Å². The molecule has 1 amide bonds. The molecule has 6 atom stereocenters. The van der Waals surface area contributed by atoms with Crippen molar-refractivity contribution in [2.24, 2.45) is 17.8 Å². The highest BCUT2D eigenvalue weighted by Crippen LogP contribution is 2.54. The average molecular weight is 521 g/mol. The van der Waals surface area contributed by atoms with Gasteiger partial charge in [-0.3, -0.25) is 9.59 Å². The summed E-state index contributed by atoms with van der Waals surface area (Å²) in [6.07, 6.45) is -2.55. The number of carbonyl (C=O) groups is 1. The first-order chi connectivity index (χ1) is 17.5. The summed E-state index contributed by atoms with van der Waals surface area (Å²) in [4.78, 5) is 28.8. The largest absolute Gasteiger partial charge is 0.419 e. The molecule has 2 saturated carbocycles. The number of alkyl halides is 3. The van der Waals surface area contributed by atoms with E-state index in [1.54, 1.807) is 4.57 Å². The normalized spacial score (nSPS) is 31.0. The lowest BCUT2D eigenvalue weighted by atomic mass is 10.0. The van der Waals surface area contributed by atoms with Gasteiger partial charge in [-0.25, -0.2) is 4.39 Å². The number of anilines is 1. The zero-order chi connectivity index (χ0) is 26.3. The molecule has 6 rings (SSSR count). The van der Waals surface area contributed by atoms with Gasteiger partial charge in [0, 0.05) is 42.9 Å². The Hall–Kier alpha value is -2.92. The first-order valence-corrected chi connectivity index (χ1v) is 12.5. The van der Waals surface area contributed by atoms with E-state index in [9.17, 15) is 27.2 Å². The maximum Gasteiger partial charge on any atom is 0.419 e. The lowest BCUT2D eigenvalue weighted by molar-refractivity contribution is -0.140. The molecular formula is C26H28F4N4O3. The summed E-state index contributed by atoms with van der Waals surface area (Å²) in [5, 5.41) is 6.02. The average Bonchev–Trinajstić information content (AvgIpc) is 3.54. The highest BCUT2D eigenvalue weighted by Gasteiger charge is 2.60. The van der Waals surface area contributed by atoms with Gasteiger partial charge in [-0.05, 0) is 38.3 Å². The Morgan fingerprint density at radius 1 is 1.24 bits per heavy atom. The van der Waals surface area contributed by atoms with Crippen LogP contribution in [-0.2, 0) is 16.5 Å². The molecule has 2 aromatic rings. The Kier molecular flexibility index (Phi) is 5.47. The van der Waals surface area contributed by atoms with Crippen LogP contribution in [0.5, 0.6) is 0 Å². The summed E-state index contributed by atoms with van der Waals surface area (Å²) in [6, 6.07) is 3.53. The molecule has 1 aromatic heterocycles. The number of fused-ring (bicyclic) bond motifs is 2. The standard InChI is InChI=1S/C26H28F4N4O3/c1-13(15-4-3-5-19(22(15)27)26(28,29)30)31-24(36)18-10-34(25-7-14(25)11-37-12-25)21(35)6-20(18)32-23-16-8-33(2)9-17(16)23/h3-6,10,13-14,16-17,23,32H,7-9,11-12H2,1-2H3,(H,31,36)/t13-,14-,16-,17+,23-,25-/m1/s1. The molecule has 0 spiro atoms. The maximum atomic E-state index is 14.7. The van der Waals surface area contributed by atoms with Crippen molar-refractivity contribution >= 4 is 11.6 Å². The van der Waals surface area contributed by atoms with Gasteiger partial charge in [0.25, 0.3) is 11.5 Å². The molecule has 3 heterocycles. The zero-order valence-electron chi connectivity index (χ0n) is 20.4. The van der Waals surface area contributed by atoms with Gasteiger partial charge in [0.15, 0.2) is 0 Å². The van der Waals surface area contributed by atoms with Crippen molar-refractivity contribution in [3.8, 4) is 0 Å². The zero-order valence-corrected chi connectivity index (χ0v) is 20.4. The van der Waals surface area contributed by atoms with Crippen molar-refractivity contribution in [3.63, 3.8) is 0 Å². The lowest BCUT2D eigenvalue weighted by Crippen LogP contribution is -2.36. The van der Waals surface area contributed by atoms with Crippen LogP contribution in [-0.4, -0.2) is 54.8 Å². The third kappa shape index (κ3) is 4.03. The third-order valence-electron chi connectivity index (χ3n) is 8.50. The first kappa shape index (κ1) is 24.4. The van der Waals surface area contributed by atoms with Gasteiger partial charge in [0.1, 0.15) is 5.82 Å². The molecule has 198 valence electrons. The predicted octanol–water partition coefficient (Wildman–Crippen LogP) is 3.21. The predicted molar refractivity (Wildman–Crippen MR) is 127 cm³/mol. The van der Waals surface area contributed by atoms with Crippen molar-refractivity contribution in [1.29, 1.82) is 0 Å². The van der Waals surface area contributed by atoms with Crippen LogP contribution >= 0.6 is 0 Å². The van der Waals surface area contributed by atoms with Crippen molar-refractivity contribution < 1.29 is 27.1 Å². The van der Waals surface area contributed by atoms with Crippen LogP contribution in [0.2, 0.25) is 0 Å². The van der Waals surface area contributed by atoms with Crippen LogP contribution in [0.1, 0.15) is 40.9 Å². The summed E-state index contributed by atoms with van der Waals surface area (Å²) in [7, 11) is 2.05. The van der Waals surface area contributed by atoms with E-state index in [0.29, 0.717) is 36.8 Å². The fourth-order valence-electron chi connectivity index (χ4n) is 6.27. The number of nitrogens with zero attached hydrogens (tertiary/aromatic N) is 2. The van der Waals surface area contributed by atoms with Crippen LogP contribution < -0.4 is 16.2 Å². The molecule has 1 aromatic carbocycles. The van der Waals surface area contributed by atoms with Crippen LogP contribution in [0.3, 0.4) is 0 Å². The summed E-state index contributed by atoms with van der Waals surface area (Å²) in [5.41, 5.74) is -1.79. The number of pyridine rings is 1. The maximum absolute atomic E-state index is 14.7. The fourth-order valence-corrected chi connectivity index (χ4v) is 6.27. The number of piperidine rings is 1. The number of hydrogen-bond donors (Lipinski definition) is 2. The Morgan fingerprint density at radius 3 is 2.59 bits per heavy atom. The Balaban J connectivity index is 1.31. The molecular weight excluding hydrogens is 492 g/mol. The summed E-state index contributed by atoms with van der Waals surface area (Å²) >= 11 is 0. The molecule has 11 heteroatoms. The molecule has 0 unspecified atom stereocenters. The Morgan fingerprint density at radius 2 is 1.97 bits per heavy atom. The number of hydrogen-bond acceptors (Lipinski definition) is 5. The number of aromatic nitrogens is 1. The molecule has 4 aliphatic rings. The van der Waals surface area contributed by atoms with Gasteiger partial charge in [0.2, 0.25) is 0 Å². The molecule has 7 nitrogen and oxygen atoms in total. The van der Waals surface area contributed by atoms with Crippen LogP contribution in [0, 0.1) is 23.6 Å². The topological polar surface area (TPSA) is 75.6 Å². The van der Waals surface area contributed by atoms with Crippen LogP contribution in [0.25, 0.3) is 0 Å². The molecule has 2 aliphatic heterocycles. The number of nitrogens with one attached hydrogen (secondary N) is 2. The minimum absolute atomic E-state index is 0.137. The highest BCUT2D eigenvalue weighted by molar-refractivity contribution is 5.99. The van der Waals surface area contributed by atoms with Crippen molar-refractivity contribution in [3.05, 3.63) is 63.3 Å². The van der Waals surface area contributed by atoms with Gasteiger partial charge < -0.3 is 24.8 Å². The first-order valence-electron chi connectivity index (χ1n) is 12.5. The quantitative estimate of drug-likeness (QED) is 0.573. The SMILES string of the molecule is C[C@@H](NC(=O)c1cn([C@]23COC[C@H]2C3)c(=O)cc1N[C@@H]1[C@@H]2CN(C)C[C@@H]21)c1cccc(C(F)(F)F)c1F. The van der Waals surface area contributed by atoms with Crippen LogP contribution in [0.15, 0.2) is 35.3 Å². The fraction of sp³-hybridized carbons (Fsp3) is 0.538. The summed E-state index contributed by atoms with van der Waals surface area (Å²) < 4.78 is 61.5. The minimum Gasteiger partial charge on any atom is -0.381 e. The van der Waals surface area contributed by atoms with Crippen molar-refractivity contribution in [1.82, 2.24) is 14.8 Å². The van der Waals surface area contributed by atoms with E-state index in [4.69, 9.17) is 4.74 Å². The van der Waals surface area contributed by atoms with Gasteiger partial charge in [0.05, 0.1) is 41.6 Å². The number of carbonyl (C=O) groups excluding carboxylic acids is 1. The summed E-state index contributed by atoms with van der Waals surface area (Å²) in [5.74, 6) is -0.955. The number of ether oxygens (including phenoxy) is 1. The van der Waals surface area contributed by atoms with Crippen molar-refractivity contribution in [2.45, 2.75) is 37.1 Å². The molecule has 0 bridgehead atoms. The Labute approximate surface area is 210 Å². The van der Waals surface area contributed by atoms with E-state index in [-0.39, 0.29) is 28.6 Å². The smallest absolute Gasteiger partial charge is 0.381 e. The van der Waals surface area contributed by atoms with E-state index >= 15 is 0 Å². The molecule has 2 saturated heterocycles. The monoisotopic (exact) mass is 520 g/mol. The van der Waals surface area contributed by atoms with E-state index < -0.39 is 35.0 Å². The van der Waals surface area contributed by atoms with Crippen molar-refractivity contribution in [2.75, 3.05) is 38.7 Å². The second-order valence-electron chi connectivity index (χ2n) is 10.9. The third-order valence-corrected chi connectivity index (χ3v) is 8.50. The highest BCUT2D eigenvalue weighted by atomic mass is 19.4. The molecule has 4 fully saturated rings. The molecule has 37 heavy (non-hydrogen) atoms. The number of benzene rings is 1. The molecule has 2 aliphatic carbocycles. The van der Waals surface area contributed by atoms with E-state index in [1.165, 1.54) is 25.3 Å². The second-order valence-corrected chi connectivity index (χ2v) is 10.9. The van der Waals surface area contributed by atoms with E-state index in [2.05, 4.69) is 15.5 Å². The van der Waals surface area contributed by atoms with Crippen LogP contribution in [0.4, 0.5) is 23.2 Å². The minimum atomic E-state index is -4.85. The van der Waals surface area contributed by atoms with Gasteiger partial charge in [-0.15, -0.1) is 0 Å². The Bertz CT molecular complexity index is 1320. The number of halogens is 4. The lowest BCUT2D eigenvalue weighted by Gasteiger charge is -2.22. The molecule has 2 N–H and O–H groups in total. The number of likely N-dealkylation sites (tertiary alicyclic amines) is 1. The second kappa shape index (κ2) is 8.29. The van der Waals surface area contributed by atoms with E-state index in [1.807, 2.05) is 7.05 Å². The number of rotatable bonds is 6. The van der Waals surface area contributed by atoms with Gasteiger partial charge >= 0.3 is 6.18 Å². The number of amides is 1. The molecule has 0 radical (unpaired) electrons. The van der Waals surface area contributed by atoms with Gasteiger partial charge in [-0.2, -0.15) is 13.2 Å². The van der Waals surface area contributed by atoms with E-state index in [0.717, 1.165) is 25.6 Å².